The number of hydrogen-bond acceptors (Lipinski definition) is 6. The van der Waals surface area contributed by atoms with Gasteiger partial charge in [0.25, 0.3) is 10.0 Å². The first-order chi connectivity index (χ1) is 9.62. The molecule has 0 saturated heterocycles. The normalized spacial score (nSPS) is 11.7. The predicted octanol–water partition coefficient (Wildman–Crippen LogP) is -0.212. The van der Waals surface area contributed by atoms with Crippen molar-refractivity contribution in [2.45, 2.75) is 25.0 Å². The van der Waals surface area contributed by atoms with Crippen molar-refractivity contribution in [2.24, 2.45) is 0 Å². The SMILES string of the molecule is CCNCc1ccc(S(=O)(=O)NCc2ncn[nH]2)nc1. The number of H-pyrrole nitrogens is 1. The zero-order chi connectivity index (χ0) is 14.4. The lowest BCUT2D eigenvalue weighted by atomic mass is 10.3. The molecule has 2 heterocycles. The van der Waals surface area contributed by atoms with Gasteiger partial charge in [0, 0.05) is 12.7 Å². The number of nitrogens with one attached hydrogen (secondary N) is 3. The van der Waals surface area contributed by atoms with Gasteiger partial charge < -0.3 is 5.32 Å². The van der Waals surface area contributed by atoms with Gasteiger partial charge in [0.1, 0.15) is 12.2 Å². The fourth-order valence-corrected chi connectivity index (χ4v) is 2.41. The quantitative estimate of drug-likeness (QED) is 0.651. The Balaban J connectivity index is 2.01. The molecule has 3 N–H and O–H groups in total. The minimum atomic E-state index is -3.64. The molecule has 0 aliphatic heterocycles. The van der Waals surface area contributed by atoms with Crippen molar-refractivity contribution in [1.82, 2.24) is 30.2 Å². The van der Waals surface area contributed by atoms with Crippen molar-refractivity contribution < 1.29 is 8.42 Å². The molecule has 108 valence electrons. The van der Waals surface area contributed by atoms with Crippen LogP contribution in [0.5, 0.6) is 0 Å². The Morgan fingerprint density at radius 1 is 1.25 bits per heavy atom. The van der Waals surface area contributed by atoms with Crippen LogP contribution in [-0.2, 0) is 23.1 Å². The number of sulfonamides is 1. The van der Waals surface area contributed by atoms with Gasteiger partial charge in [-0.25, -0.2) is 23.1 Å². The summed E-state index contributed by atoms with van der Waals surface area (Å²) in [4.78, 5) is 7.81. The lowest BCUT2D eigenvalue weighted by Gasteiger charge is -2.06. The Labute approximate surface area is 117 Å². The van der Waals surface area contributed by atoms with Crippen LogP contribution in [0, 0.1) is 0 Å². The molecule has 0 unspecified atom stereocenters. The second-order valence-electron chi connectivity index (χ2n) is 4.04. The molecule has 2 aromatic heterocycles. The maximum absolute atomic E-state index is 12.0. The summed E-state index contributed by atoms with van der Waals surface area (Å²) in [5, 5.41) is 9.34. The molecule has 8 nitrogen and oxygen atoms in total. The Bertz CT molecular complexity index is 623. The van der Waals surface area contributed by atoms with E-state index in [1.165, 1.54) is 12.4 Å². The maximum Gasteiger partial charge on any atom is 0.258 e. The summed E-state index contributed by atoms with van der Waals surface area (Å²) in [6.45, 7) is 3.55. The molecule has 0 bridgehead atoms. The molecule has 9 heteroatoms. The molecule has 0 aromatic carbocycles. The molecule has 0 radical (unpaired) electrons. The first-order valence-corrected chi connectivity index (χ1v) is 7.59. The van der Waals surface area contributed by atoms with E-state index in [0.717, 1.165) is 12.1 Å². The topological polar surface area (TPSA) is 113 Å². The van der Waals surface area contributed by atoms with Crippen LogP contribution in [0.3, 0.4) is 0 Å². The molecular formula is C11H16N6O2S. The van der Waals surface area contributed by atoms with Crippen LogP contribution < -0.4 is 10.0 Å². The summed E-state index contributed by atoms with van der Waals surface area (Å²) >= 11 is 0. The van der Waals surface area contributed by atoms with Gasteiger partial charge in [-0.1, -0.05) is 13.0 Å². The number of nitrogens with zero attached hydrogens (tertiary/aromatic N) is 3. The monoisotopic (exact) mass is 296 g/mol. The second kappa shape index (κ2) is 6.55. The van der Waals surface area contributed by atoms with Gasteiger partial charge in [-0.3, -0.25) is 5.10 Å². The van der Waals surface area contributed by atoms with E-state index < -0.39 is 10.0 Å². The predicted molar refractivity (Wildman–Crippen MR) is 72.0 cm³/mol. The average Bonchev–Trinajstić information content (AvgIpc) is 2.97. The van der Waals surface area contributed by atoms with Crippen LogP contribution >= 0.6 is 0 Å². The molecule has 2 aromatic rings. The van der Waals surface area contributed by atoms with Crippen molar-refractivity contribution in [1.29, 1.82) is 0 Å². The van der Waals surface area contributed by atoms with Crippen molar-refractivity contribution >= 4 is 10.0 Å². The van der Waals surface area contributed by atoms with Crippen molar-refractivity contribution in [3.05, 3.63) is 36.0 Å². The third kappa shape index (κ3) is 3.83. The van der Waals surface area contributed by atoms with Gasteiger partial charge in [-0.05, 0) is 18.2 Å². The zero-order valence-corrected chi connectivity index (χ0v) is 11.8. The highest BCUT2D eigenvalue weighted by atomic mass is 32.2. The second-order valence-corrected chi connectivity index (χ2v) is 5.76. The van der Waals surface area contributed by atoms with E-state index in [4.69, 9.17) is 0 Å². The Morgan fingerprint density at radius 3 is 2.70 bits per heavy atom. The van der Waals surface area contributed by atoms with Gasteiger partial charge in [0.05, 0.1) is 6.54 Å². The van der Waals surface area contributed by atoms with Crippen LogP contribution in [-0.4, -0.2) is 35.1 Å². The Kier molecular flexibility index (Phi) is 4.77. The van der Waals surface area contributed by atoms with Gasteiger partial charge in [0.15, 0.2) is 5.03 Å². The van der Waals surface area contributed by atoms with Crippen molar-refractivity contribution in [2.75, 3.05) is 6.54 Å². The van der Waals surface area contributed by atoms with Gasteiger partial charge in [-0.15, -0.1) is 0 Å². The summed E-state index contributed by atoms with van der Waals surface area (Å²) in [6, 6.07) is 3.22. The molecule has 0 spiro atoms. The largest absolute Gasteiger partial charge is 0.313 e. The fraction of sp³-hybridized carbons (Fsp3) is 0.364. The molecule has 20 heavy (non-hydrogen) atoms. The molecule has 0 fully saturated rings. The summed E-state index contributed by atoms with van der Waals surface area (Å²) < 4.78 is 26.4. The van der Waals surface area contributed by atoms with E-state index in [9.17, 15) is 8.42 Å². The van der Waals surface area contributed by atoms with Crippen LogP contribution in [0.2, 0.25) is 0 Å². The van der Waals surface area contributed by atoms with E-state index in [1.807, 2.05) is 6.92 Å². The van der Waals surface area contributed by atoms with Crippen LogP contribution in [0.25, 0.3) is 0 Å². The fourth-order valence-electron chi connectivity index (χ4n) is 1.50. The molecule has 0 aliphatic carbocycles. The highest BCUT2D eigenvalue weighted by Gasteiger charge is 2.15. The minimum Gasteiger partial charge on any atom is -0.313 e. The molecule has 2 rings (SSSR count). The summed E-state index contributed by atoms with van der Waals surface area (Å²) in [5.74, 6) is 0.442. The number of hydrogen-bond donors (Lipinski definition) is 3. The summed E-state index contributed by atoms with van der Waals surface area (Å²) in [6.07, 6.45) is 2.86. The number of rotatable bonds is 7. The first kappa shape index (κ1) is 14.6. The lowest BCUT2D eigenvalue weighted by Crippen LogP contribution is -2.24. The van der Waals surface area contributed by atoms with E-state index in [2.05, 4.69) is 30.2 Å². The van der Waals surface area contributed by atoms with Gasteiger partial charge in [-0.2, -0.15) is 5.10 Å². The van der Waals surface area contributed by atoms with Crippen LogP contribution in [0.1, 0.15) is 18.3 Å². The van der Waals surface area contributed by atoms with E-state index in [0.29, 0.717) is 12.4 Å². The van der Waals surface area contributed by atoms with Gasteiger partial charge >= 0.3 is 0 Å². The standard InChI is InChI=1S/C11H16N6O2S/c1-2-12-5-9-3-4-11(13-6-9)20(18,19)16-7-10-14-8-15-17-10/h3-4,6,8,12,16H,2,5,7H2,1H3,(H,14,15,17). The van der Waals surface area contributed by atoms with Gasteiger partial charge in [0.2, 0.25) is 0 Å². The number of aromatic nitrogens is 4. The summed E-state index contributed by atoms with van der Waals surface area (Å²) in [7, 11) is -3.64. The highest BCUT2D eigenvalue weighted by molar-refractivity contribution is 7.89. The molecule has 0 atom stereocenters. The molecular weight excluding hydrogens is 280 g/mol. The smallest absolute Gasteiger partial charge is 0.258 e. The minimum absolute atomic E-state index is 0.0164. The molecule has 0 amide bonds. The average molecular weight is 296 g/mol. The molecule has 0 saturated carbocycles. The summed E-state index contributed by atoms with van der Waals surface area (Å²) in [5.41, 5.74) is 0.932. The molecule has 0 aliphatic rings. The third-order valence-corrected chi connectivity index (χ3v) is 3.86. The van der Waals surface area contributed by atoms with Crippen molar-refractivity contribution in [3.8, 4) is 0 Å². The van der Waals surface area contributed by atoms with Crippen LogP contribution in [0.4, 0.5) is 0 Å². The Morgan fingerprint density at radius 2 is 2.10 bits per heavy atom. The highest BCUT2D eigenvalue weighted by Crippen LogP contribution is 2.07. The Hall–Kier alpha value is -1.84. The first-order valence-electron chi connectivity index (χ1n) is 6.11. The third-order valence-electron chi connectivity index (χ3n) is 2.55. The van der Waals surface area contributed by atoms with E-state index in [-0.39, 0.29) is 11.6 Å². The number of aromatic amines is 1. The van der Waals surface area contributed by atoms with Crippen LogP contribution in [0.15, 0.2) is 29.7 Å². The maximum atomic E-state index is 12.0. The number of pyridine rings is 1. The van der Waals surface area contributed by atoms with E-state index >= 15 is 0 Å². The van der Waals surface area contributed by atoms with Crippen molar-refractivity contribution in [3.63, 3.8) is 0 Å². The zero-order valence-electron chi connectivity index (χ0n) is 11.0. The van der Waals surface area contributed by atoms with E-state index in [1.54, 1.807) is 12.3 Å². The lowest BCUT2D eigenvalue weighted by molar-refractivity contribution is 0.575.